The van der Waals surface area contributed by atoms with Crippen LogP contribution in [0.3, 0.4) is 0 Å². The lowest BCUT2D eigenvalue weighted by atomic mass is 9.95. The lowest BCUT2D eigenvalue weighted by Crippen LogP contribution is -2.40. The minimum absolute atomic E-state index is 0.138. The third-order valence-electron chi connectivity index (χ3n) is 4.26. The fraction of sp³-hybridized carbons (Fsp3) is 0.556. The highest BCUT2D eigenvalue weighted by Gasteiger charge is 2.24. The number of amides is 1. The molecule has 0 aromatic heterocycles. The molecule has 0 saturated carbocycles. The van der Waals surface area contributed by atoms with E-state index < -0.39 is 0 Å². The van der Waals surface area contributed by atoms with Crippen LogP contribution in [0.1, 0.15) is 42.1 Å². The fourth-order valence-corrected chi connectivity index (χ4v) is 2.92. The largest absolute Gasteiger partial charge is 0.465 e. The quantitative estimate of drug-likeness (QED) is 0.817. The Morgan fingerprint density at radius 1 is 1.30 bits per heavy atom. The Balaban J connectivity index is 1.84. The number of nitrogens with one attached hydrogen (secondary N) is 1. The number of nitrogens with zero attached hydrogens (tertiary/aromatic N) is 1. The van der Waals surface area contributed by atoms with E-state index in [0.717, 1.165) is 51.0 Å². The highest BCUT2D eigenvalue weighted by Crippen LogP contribution is 2.19. The monoisotopic (exact) mass is 318 g/mol. The standard InChI is InChI=1S/C18H26N2O3/c1-3-9-19-17(21)15-7-10-20(11-8-15)13-14-5-4-6-16(12-14)18(22)23-2/h4-6,12,15H,3,7-11,13H2,1-2H3,(H,19,21). The van der Waals surface area contributed by atoms with Crippen molar-refractivity contribution in [3.05, 3.63) is 35.4 Å². The van der Waals surface area contributed by atoms with E-state index in [9.17, 15) is 9.59 Å². The summed E-state index contributed by atoms with van der Waals surface area (Å²) in [7, 11) is 1.39. The first kappa shape index (κ1) is 17.5. The first-order valence-electron chi connectivity index (χ1n) is 8.31. The van der Waals surface area contributed by atoms with Gasteiger partial charge in [0.05, 0.1) is 12.7 Å². The molecule has 0 bridgehead atoms. The summed E-state index contributed by atoms with van der Waals surface area (Å²) < 4.78 is 4.76. The smallest absolute Gasteiger partial charge is 0.337 e. The van der Waals surface area contributed by atoms with Gasteiger partial charge in [0.2, 0.25) is 5.91 Å². The summed E-state index contributed by atoms with van der Waals surface area (Å²) >= 11 is 0. The second-order valence-corrected chi connectivity index (χ2v) is 6.03. The molecule has 1 amide bonds. The number of methoxy groups -OCH3 is 1. The van der Waals surface area contributed by atoms with Gasteiger partial charge in [0.1, 0.15) is 0 Å². The molecule has 0 atom stereocenters. The van der Waals surface area contributed by atoms with E-state index in [1.54, 1.807) is 6.07 Å². The van der Waals surface area contributed by atoms with Gasteiger partial charge in [0.15, 0.2) is 0 Å². The maximum Gasteiger partial charge on any atom is 0.337 e. The highest BCUT2D eigenvalue weighted by molar-refractivity contribution is 5.89. The number of hydrogen-bond donors (Lipinski definition) is 1. The number of esters is 1. The van der Waals surface area contributed by atoms with Crippen LogP contribution < -0.4 is 5.32 Å². The van der Waals surface area contributed by atoms with Gasteiger partial charge in [0.25, 0.3) is 0 Å². The lowest BCUT2D eigenvalue weighted by molar-refractivity contribution is -0.126. The number of hydrogen-bond acceptors (Lipinski definition) is 4. The van der Waals surface area contributed by atoms with Crippen LogP contribution in [0.2, 0.25) is 0 Å². The molecule has 1 aromatic carbocycles. The van der Waals surface area contributed by atoms with Crippen LogP contribution in [0, 0.1) is 5.92 Å². The molecule has 1 aliphatic rings. The molecule has 1 heterocycles. The van der Waals surface area contributed by atoms with Crippen LogP contribution >= 0.6 is 0 Å². The second kappa shape index (κ2) is 8.67. The zero-order valence-electron chi connectivity index (χ0n) is 14.0. The van der Waals surface area contributed by atoms with Crippen molar-refractivity contribution in [1.29, 1.82) is 0 Å². The SMILES string of the molecule is CCCNC(=O)C1CCN(Cc2cccc(C(=O)OC)c2)CC1. The van der Waals surface area contributed by atoms with Crippen molar-refractivity contribution < 1.29 is 14.3 Å². The Labute approximate surface area is 138 Å². The Bertz CT molecular complexity index is 537. The maximum atomic E-state index is 12.0. The molecular formula is C18H26N2O3. The summed E-state index contributed by atoms with van der Waals surface area (Å²) in [5.41, 5.74) is 1.68. The zero-order chi connectivity index (χ0) is 16.7. The Hall–Kier alpha value is -1.88. The van der Waals surface area contributed by atoms with Gasteiger partial charge in [0, 0.05) is 19.0 Å². The second-order valence-electron chi connectivity index (χ2n) is 6.03. The van der Waals surface area contributed by atoms with Gasteiger partial charge in [-0.15, -0.1) is 0 Å². The third-order valence-corrected chi connectivity index (χ3v) is 4.26. The molecule has 1 N–H and O–H groups in total. The van der Waals surface area contributed by atoms with Gasteiger partial charge < -0.3 is 10.1 Å². The Kier molecular flexibility index (Phi) is 6.59. The molecule has 0 aliphatic carbocycles. The molecule has 5 heteroatoms. The van der Waals surface area contributed by atoms with Crippen molar-refractivity contribution in [3.63, 3.8) is 0 Å². The first-order valence-corrected chi connectivity index (χ1v) is 8.31. The van der Waals surface area contributed by atoms with Crippen LogP contribution in [-0.2, 0) is 16.1 Å². The van der Waals surface area contributed by atoms with Crippen LogP contribution in [0.15, 0.2) is 24.3 Å². The van der Waals surface area contributed by atoms with Gasteiger partial charge in [-0.1, -0.05) is 19.1 Å². The van der Waals surface area contributed by atoms with Crippen molar-refractivity contribution in [3.8, 4) is 0 Å². The van der Waals surface area contributed by atoms with Crippen LogP contribution in [0.4, 0.5) is 0 Å². The molecule has 1 aliphatic heterocycles. The number of carbonyl (C=O) groups excluding carboxylic acids is 2. The van der Waals surface area contributed by atoms with Crippen molar-refractivity contribution in [2.24, 2.45) is 5.92 Å². The van der Waals surface area contributed by atoms with Gasteiger partial charge in [-0.3, -0.25) is 9.69 Å². The molecule has 1 saturated heterocycles. The molecule has 126 valence electrons. The molecule has 1 fully saturated rings. The molecule has 0 spiro atoms. The average Bonchev–Trinajstić information content (AvgIpc) is 2.59. The van der Waals surface area contributed by atoms with E-state index in [1.165, 1.54) is 7.11 Å². The van der Waals surface area contributed by atoms with Crippen molar-refractivity contribution >= 4 is 11.9 Å². The highest BCUT2D eigenvalue weighted by atomic mass is 16.5. The van der Waals surface area contributed by atoms with E-state index >= 15 is 0 Å². The lowest BCUT2D eigenvalue weighted by Gasteiger charge is -2.31. The van der Waals surface area contributed by atoms with Crippen molar-refractivity contribution in [2.45, 2.75) is 32.7 Å². The zero-order valence-corrected chi connectivity index (χ0v) is 14.0. The Morgan fingerprint density at radius 2 is 2.04 bits per heavy atom. The van der Waals surface area contributed by atoms with Gasteiger partial charge in [-0.25, -0.2) is 4.79 Å². The molecule has 5 nitrogen and oxygen atoms in total. The van der Waals surface area contributed by atoms with Crippen molar-refractivity contribution in [1.82, 2.24) is 10.2 Å². The minimum atomic E-state index is -0.307. The van der Waals surface area contributed by atoms with E-state index in [-0.39, 0.29) is 17.8 Å². The number of piperidine rings is 1. The number of likely N-dealkylation sites (tertiary alicyclic amines) is 1. The number of carbonyl (C=O) groups is 2. The molecule has 0 radical (unpaired) electrons. The summed E-state index contributed by atoms with van der Waals surface area (Å²) in [6.07, 6.45) is 2.76. The first-order chi connectivity index (χ1) is 11.1. The Morgan fingerprint density at radius 3 is 2.70 bits per heavy atom. The molecule has 0 unspecified atom stereocenters. The van der Waals surface area contributed by atoms with E-state index in [2.05, 4.69) is 17.1 Å². The maximum absolute atomic E-state index is 12.0. The van der Waals surface area contributed by atoms with Gasteiger partial charge in [-0.2, -0.15) is 0 Å². The predicted molar refractivity (Wildman–Crippen MR) is 89.1 cm³/mol. The van der Waals surface area contributed by atoms with Gasteiger partial charge in [-0.05, 0) is 50.0 Å². The normalized spacial score (nSPS) is 16.1. The summed E-state index contributed by atoms with van der Waals surface area (Å²) in [5.74, 6) is 0.0246. The van der Waals surface area contributed by atoms with Crippen LogP contribution in [0.5, 0.6) is 0 Å². The fourth-order valence-electron chi connectivity index (χ4n) is 2.92. The molecule has 1 aromatic rings. The van der Waals surface area contributed by atoms with E-state index in [0.29, 0.717) is 5.56 Å². The average molecular weight is 318 g/mol. The number of rotatable bonds is 6. The van der Waals surface area contributed by atoms with Gasteiger partial charge >= 0.3 is 5.97 Å². The molecular weight excluding hydrogens is 292 g/mol. The summed E-state index contributed by atoms with van der Waals surface area (Å²) in [6, 6.07) is 7.55. The third kappa shape index (κ3) is 5.06. The predicted octanol–water partition coefficient (Wildman–Crippen LogP) is 2.21. The van der Waals surface area contributed by atoms with E-state index in [4.69, 9.17) is 4.74 Å². The number of benzene rings is 1. The summed E-state index contributed by atoms with van der Waals surface area (Å²) in [6.45, 7) is 5.44. The molecule has 2 rings (SSSR count). The van der Waals surface area contributed by atoms with Crippen LogP contribution in [-0.4, -0.2) is 43.5 Å². The van der Waals surface area contributed by atoms with E-state index in [1.807, 2.05) is 18.2 Å². The van der Waals surface area contributed by atoms with Crippen LogP contribution in [0.25, 0.3) is 0 Å². The summed E-state index contributed by atoms with van der Waals surface area (Å²) in [4.78, 5) is 25.9. The molecule has 23 heavy (non-hydrogen) atoms. The summed E-state index contributed by atoms with van der Waals surface area (Å²) in [5, 5.41) is 2.98. The minimum Gasteiger partial charge on any atom is -0.465 e. The topological polar surface area (TPSA) is 58.6 Å². The van der Waals surface area contributed by atoms with Crippen molar-refractivity contribution in [2.75, 3.05) is 26.7 Å². The number of ether oxygens (including phenoxy) is 1.